The summed E-state index contributed by atoms with van der Waals surface area (Å²) in [5.41, 5.74) is 2.80. The van der Waals surface area contributed by atoms with E-state index in [0.717, 1.165) is 0 Å². The first kappa shape index (κ1) is 10.3. The lowest BCUT2D eigenvalue weighted by Crippen LogP contribution is -2.34. The lowest BCUT2D eigenvalue weighted by molar-refractivity contribution is 0.383. The van der Waals surface area contributed by atoms with Crippen LogP contribution in [0.15, 0.2) is 24.3 Å². The van der Waals surface area contributed by atoms with Crippen molar-refractivity contribution in [2.24, 2.45) is 0 Å². The lowest BCUT2D eigenvalue weighted by atomic mass is 9.97. The van der Waals surface area contributed by atoms with Crippen molar-refractivity contribution in [2.45, 2.75) is 33.2 Å². The fourth-order valence-electron chi connectivity index (χ4n) is 1.46. The molecule has 1 aliphatic rings. The minimum atomic E-state index is 0.634. The normalized spacial score (nSPS) is 19.8. The van der Waals surface area contributed by atoms with E-state index in [2.05, 4.69) is 36.5 Å². The molecule has 1 aliphatic heterocycles. The number of benzene rings is 1. The van der Waals surface area contributed by atoms with Crippen LogP contribution in [-0.2, 0) is 0 Å². The highest BCUT2D eigenvalue weighted by Crippen LogP contribution is 2.22. The molecule has 1 N–H and O–H groups in total. The third kappa shape index (κ3) is 2.56. The predicted octanol–water partition coefficient (Wildman–Crippen LogP) is 3.06. The highest BCUT2D eigenvalue weighted by molar-refractivity contribution is 5.26. The van der Waals surface area contributed by atoms with Crippen LogP contribution in [0.5, 0.6) is 0 Å². The van der Waals surface area contributed by atoms with Crippen LogP contribution in [0.1, 0.15) is 37.4 Å². The molecule has 1 unspecified atom stereocenters. The van der Waals surface area contributed by atoms with Crippen LogP contribution in [0.25, 0.3) is 0 Å². The first-order valence-electron chi connectivity index (χ1n) is 5.16. The van der Waals surface area contributed by atoms with E-state index in [4.69, 9.17) is 0 Å². The van der Waals surface area contributed by atoms with Gasteiger partial charge in [0.05, 0.1) is 0 Å². The Balaban J connectivity index is 0.000000396. The Hall–Kier alpha value is -0.820. The molecule has 0 aromatic heterocycles. The van der Waals surface area contributed by atoms with Gasteiger partial charge in [-0.1, -0.05) is 43.7 Å². The van der Waals surface area contributed by atoms with E-state index >= 15 is 0 Å². The highest BCUT2D eigenvalue weighted by atomic mass is 15.0. The maximum absolute atomic E-state index is 3.39. The van der Waals surface area contributed by atoms with E-state index in [1.807, 2.05) is 13.8 Å². The molecule has 1 saturated heterocycles. The largest absolute Gasteiger partial charge is 0.310 e. The summed E-state index contributed by atoms with van der Waals surface area (Å²) < 4.78 is 0. The molecule has 0 spiro atoms. The SMILES string of the molecule is CC.Cc1cccc(C2CCN2)c1. The number of hydrogen-bond donors (Lipinski definition) is 1. The van der Waals surface area contributed by atoms with Crippen molar-refractivity contribution in [3.8, 4) is 0 Å². The molecule has 2 rings (SSSR count). The fourth-order valence-corrected chi connectivity index (χ4v) is 1.46. The number of nitrogens with one attached hydrogen (secondary N) is 1. The molecule has 1 nitrogen and oxygen atoms in total. The van der Waals surface area contributed by atoms with Crippen molar-refractivity contribution < 1.29 is 0 Å². The Morgan fingerprint density at radius 2 is 2.00 bits per heavy atom. The van der Waals surface area contributed by atoms with Crippen LogP contribution in [0.2, 0.25) is 0 Å². The predicted molar refractivity (Wildman–Crippen MR) is 57.9 cm³/mol. The smallest absolute Gasteiger partial charge is 0.0332 e. The van der Waals surface area contributed by atoms with E-state index in [1.54, 1.807) is 0 Å². The summed E-state index contributed by atoms with van der Waals surface area (Å²) in [7, 11) is 0. The molecule has 1 aromatic carbocycles. The minimum Gasteiger partial charge on any atom is -0.310 e. The summed E-state index contributed by atoms with van der Waals surface area (Å²) in [6, 6.07) is 9.36. The van der Waals surface area contributed by atoms with Gasteiger partial charge in [0, 0.05) is 6.04 Å². The first-order valence-corrected chi connectivity index (χ1v) is 5.16. The third-order valence-electron chi connectivity index (χ3n) is 2.27. The quantitative estimate of drug-likeness (QED) is 0.695. The van der Waals surface area contributed by atoms with Crippen molar-refractivity contribution >= 4 is 0 Å². The molecule has 13 heavy (non-hydrogen) atoms. The average molecular weight is 177 g/mol. The zero-order valence-corrected chi connectivity index (χ0v) is 8.80. The van der Waals surface area contributed by atoms with Gasteiger partial charge in [0.25, 0.3) is 0 Å². The summed E-state index contributed by atoms with van der Waals surface area (Å²) in [6.07, 6.45) is 1.30. The Kier molecular flexibility index (Phi) is 3.97. The molecule has 1 fully saturated rings. The van der Waals surface area contributed by atoms with Gasteiger partial charge in [-0.05, 0) is 25.5 Å². The van der Waals surface area contributed by atoms with Crippen molar-refractivity contribution in [1.29, 1.82) is 0 Å². The summed E-state index contributed by atoms with van der Waals surface area (Å²) in [6.45, 7) is 7.32. The summed E-state index contributed by atoms with van der Waals surface area (Å²) in [5, 5.41) is 3.39. The minimum absolute atomic E-state index is 0.634. The Labute approximate surface area is 81.2 Å². The van der Waals surface area contributed by atoms with Crippen LogP contribution < -0.4 is 5.32 Å². The molecular weight excluding hydrogens is 158 g/mol. The van der Waals surface area contributed by atoms with E-state index in [1.165, 1.54) is 24.1 Å². The van der Waals surface area contributed by atoms with E-state index < -0.39 is 0 Å². The zero-order chi connectivity index (χ0) is 9.68. The molecule has 0 amide bonds. The van der Waals surface area contributed by atoms with Crippen LogP contribution in [0, 0.1) is 6.92 Å². The number of aryl methyl sites for hydroxylation is 1. The first-order chi connectivity index (χ1) is 6.36. The zero-order valence-electron chi connectivity index (χ0n) is 8.80. The van der Waals surface area contributed by atoms with Crippen molar-refractivity contribution in [3.05, 3.63) is 35.4 Å². The maximum atomic E-state index is 3.39. The third-order valence-corrected chi connectivity index (χ3v) is 2.27. The maximum Gasteiger partial charge on any atom is 0.0332 e. The van der Waals surface area contributed by atoms with Crippen LogP contribution >= 0.6 is 0 Å². The van der Waals surface area contributed by atoms with Gasteiger partial charge in [0.15, 0.2) is 0 Å². The Morgan fingerprint density at radius 1 is 1.31 bits per heavy atom. The summed E-state index contributed by atoms with van der Waals surface area (Å²) in [5.74, 6) is 0. The van der Waals surface area contributed by atoms with Gasteiger partial charge < -0.3 is 5.32 Å². The van der Waals surface area contributed by atoms with Gasteiger partial charge in [-0.15, -0.1) is 0 Å². The summed E-state index contributed by atoms with van der Waals surface area (Å²) in [4.78, 5) is 0. The molecule has 1 atom stereocenters. The van der Waals surface area contributed by atoms with E-state index in [-0.39, 0.29) is 0 Å². The van der Waals surface area contributed by atoms with Gasteiger partial charge in [-0.3, -0.25) is 0 Å². The second-order valence-electron chi connectivity index (χ2n) is 3.21. The second kappa shape index (κ2) is 5.03. The van der Waals surface area contributed by atoms with Gasteiger partial charge >= 0.3 is 0 Å². The molecular formula is C12H19N. The van der Waals surface area contributed by atoms with Crippen LogP contribution in [0.4, 0.5) is 0 Å². The number of hydrogen-bond acceptors (Lipinski definition) is 1. The van der Waals surface area contributed by atoms with Gasteiger partial charge in [0.2, 0.25) is 0 Å². The molecule has 72 valence electrons. The van der Waals surface area contributed by atoms with Crippen molar-refractivity contribution in [1.82, 2.24) is 5.32 Å². The molecule has 0 radical (unpaired) electrons. The van der Waals surface area contributed by atoms with Gasteiger partial charge in [-0.25, -0.2) is 0 Å². The Bertz CT molecular complexity index is 251. The number of rotatable bonds is 1. The van der Waals surface area contributed by atoms with Crippen LogP contribution in [0.3, 0.4) is 0 Å². The molecule has 0 aliphatic carbocycles. The fraction of sp³-hybridized carbons (Fsp3) is 0.500. The Morgan fingerprint density at radius 3 is 2.46 bits per heavy atom. The molecule has 0 bridgehead atoms. The standard InChI is InChI=1S/C10H13N.C2H6/c1-8-3-2-4-9(7-8)10-5-6-11-10;1-2/h2-4,7,10-11H,5-6H2,1H3;1-2H3. The van der Waals surface area contributed by atoms with E-state index in [9.17, 15) is 0 Å². The lowest BCUT2D eigenvalue weighted by Gasteiger charge is -2.28. The topological polar surface area (TPSA) is 12.0 Å². The summed E-state index contributed by atoms with van der Waals surface area (Å²) >= 11 is 0. The van der Waals surface area contributed by atoms with Crippen LogP contribution in [-0.4, -0.2) is 6.54 Å². The highest BCUT2D eigenvalue weighted by Gasteiger charge is 2.17. The molecule has 1 heteroatoms. The monoisotopic (exact) mass is 177 g/mol. The second-order valence-corrected chi connectivity index (χ2v) is 3.21. The molecule has 1 heterocycles. The molecule has 1 aromatic rings. The van der Waals surface area contributed by atoms with Gasteiger partial charge in [0.1, 0.15) is 0 Å². The molecule has 0 saturated carbocycles. The van der Waals surface area contributed by atoms with E-state index in [0.29, 0.717) is 6.04 Å². The van der Waals surface area contributed by atoms with Gasteiger partial charge in [-0.2, -0.15) is 0 Å². The van der Waals surface area contributed by atoms with Crippen molar-refractivity contribution in [3.63, 3.8) is 0 Å². The van der Waals surface area contributed by atoms with Crippen molar-refractivity contribution in [2.75, 3.05) is 6.54 Å². The average Bonchev–Trinajstić information content (AvgIpc) is 2.05.